The van der Waals surface area contributed by atoms with Crippen molar-refractivity contribution in [2.24, 2.45) is 0 Å². The van der Waals surface area contributed by atoms with Gasteiger partial charge in [0.25, 0.3) is 0 Å². The number of benzene rings is 4. The summed E-state index contributed by atoms with van der Waals surface area (Å²) in [5.74, 6) is 0.152. The Morgan fingerprint density at radius 1 is 0.843 bits per heavy atom. The first kappa shape index (κ1) is 33.0. The van der Waals surface area contributed by atoms with Crippen LogP contribution >= 0.6 is 0 Å². The van der Waals surface area contributed by atoms with Crippen molar-refractivity contribution in [3.8, 4) is 0 Å². The van der Waals surface area contributed by atoms with E-state index in [4.69, 9.17) is 0 Å². The normalized spacial score (nSPS) is 14.5. The number of allylic oxidation sites excluding steroid dienone is 15. The van der Waals surface area contributed by atoms with E-state index in [1.165, 1.54) is 27.4 Å². The molecule has 1 N–H and O–H groups in total. The first-order valence-electron chi connectivity index (χ1n) is 17.3. The molecule has 0 saturated heterocycles. The highest BCUT2D eigenvalue weighted by molar-refractivity contribution is 6.11. The average Bonchev–Trinajstić information content (AvgIpc) is 3.95. The number of fused-ring (bicyclic) bond motifs is 3. The summed E-state index contributed by atoms with van der Waals surface area (Å²) in [4.78, 5) is 0. The molecule has 2 nitrogen and oxygen atoms in total. The van der Waals surface area contributed by atoms with Crippen LogP contribution in [-0.2, 0) is 0 Å². The molecule has 0 spiro atoms. The molecule has 0 amide bonds. The Kier molecular flexibility index (Phi) is 9.64. The molecule has 0 saturated carbocycles. The summed E-state index contributed by atoms with van der Waals surface area (Å²) in [6, 6.07) is 32.3. The molecular weight excluding hydrogens is 617 g/mol. The van der Waals surface area contributed by atoms with Crippen LogP contribution in [0.1, 0.15) is 36.0 Å². The number of hydrogen-bond acceptors (Lipinski definition) is 1. The third kappa shape index (κ3) is 6.84. The molecule has 0 bridgehead atoms. The third-order valence-corrected chi connectivity index (χ3v) is 9.40. The maximum Gasteiger partial charge on any atom is 0.0891 e. The number of nitrogens with zero attached hydrogens (tertiary/aromatic N) is 1. The van der Waals surface area contributed by atoms with E-state index in [-0.39, 0.29) is 5.92 Å². The molecule has 0 fully saturated rings. The molecule has 4 aromatic carbocycles. The highest BCUT2D eigenvalue weighted by atomic mass is 15.0. The van der Waals surface area contributed by atoms with Crippen LogP contribution < -0.4 is 5.32 Å². The zero-order valence-electron chi connectivity index (χ0n) is 28.9. The molecule has 1 unspecified atom stereocenters. The van der Waals surface area contributed by atoms with Gasteiger partial charge in [0.1, 0.15) is 0 Å². The molecule has 1 atom stereocenters. The van der Waals surface area contributed by atoms with Gasteiger partial charge in [-0.15, -0.1) is 5.73 Å². The molecule has 5 aromatic rings. The van der Waals surface area contributed by atoms with Crippen LogP contribution in [-0.4, -0.2) is 4.57 Å². The maximum absolute atomic E-state index is 4.56. The van der Waals surface area contributed by atoms with Crippen molar-refractivity contribution in [1.82, 2.24) is 4.57 Å². The molecule has 2 aliphatic rings. The largest absolute Gasteiger partial charge is 0.355 e. The van der Waals surface area contributed by atoms with Crippen LogP contribution in [0.25, 0.3) is 38.6 Å². The summed E-state index contributed by atoms with van der Waals surface area (Å²) in [5, 5.41) is 6.09. The van der Waals surface area contributed by atoms with Crippen LogP contribution in [0.15, 0.2) is 206 Å². The van der Waals surface area contributed by atoms with E-state index < -0.39 is 0 Å². The zero-order valence-corrected chi connectivity index (χ0v) is 28.9. The Bertz CT molecular complexity index is 2480. The van der Waals surface area contributed by atoms with E-state index in [2.05, 4.69) is 169 Å². The minimum absolute atomic E-state index is 0.152. The molecule has 0 aliphatic heterocycles. The van der Waals surface area contributed by atoms with Crippen LogP contribution in [0.5, 0.6) is 0 Å². The van der Waals surface area contributed by atoms with Crippen LogP contribution in [0, 0.1) is 0 Å². The molecule has 7 rings (SSSR count). The summed E-state index contributed by atoms with van der Waals surface area (Å²) in [6.07, 6.45) is 25.3. The zero-order chi connectivity index (χ0) is 35.2. The molecule has 0 radical (unpaired) electrons. The number of rotatable bonds is 13. The van der Waals surface area contributed by atoms with Crippen LogP contribution in [0.4, 0.5) is 11.4 Å². The highest BCUT2D eigenvalue weighted by Gasteiger charge is 2.18. The van der Waals surface area contributed by atoms with Crippen LogP contribution in [0.3, 0.4) is 0 Å². The Hall–Kier alpha value is -6.56. The first-order chi connectivity index (χ1) is 25.1. The number of para-hydroxylation sites is 2. The van der Waals surface area contributed by atoms with Gasteiger partial charge in [0.2, 0.25) is 0 Å². The Balaban J connectivity index is 1.18. The predicted molar refractivity (Wildman–Crippen MR) is 221 cm³/mol. The van der Waals surface area contributed by atoms with Crippen molar-refractivity contribution < 1.29 is 0 Å². The standard InChI is InChI=1S/C49H40N2/c1-5-16-37(7-3)45(33-36-18-8-9-19-36)38-26-29-41(30-27-38)50-47-24-14-12-22-43(47)35(4)32-39(17-6-2)40-28-31-49-46(34-40)44-23-13-15-25-48(44)51(49)42-20-10-11-21-42/h5-18,20,22-32,34,45,50H,1,3-4,33H2,2H3/b17-6?,37-16+,39-32+. The van der Waals surface area contributed by atoms with Gasteiger partial charge < -0.3 is 9.88 Å². The van der Waals surface area contributed by atoms with E-state index in [0.717, 1.165) is 56.9 Å². The molecule has 1 heterocycles. The summed E-state index contributed by atoms with van der Waals surface area (Å²) in [6.45, 7) is 14.6. The fourth-order valence-corrected chi connectivity index (χ4v) is 6.98. The lowest BCUT2D eigenvalue weighted by molar-refractivity contribution is 0.810. The summed E-state index contributed by atoms with van der Waals surface area (Å²) >= 11 is 0. The van der Waals surface area contributed by atoms with Gasteiger partial charge in [0, 0.05) is 33.6 Å². The maximum atomic E-state index is 4.56. The van der Waals surface area contributed by atoms with Gasteiger partial charge in [-0.3, -0.25) is 0 Å². The average molecular weight is 657 g/mol. The topological polar surface area (TPSA) is 17.0 Å². The molecule has 51 heavy (non-hydrogen) atoms. The monoisotopic (exact) mass is 656 g/mol. The van der Waals surface area contributed by atoms with Gasteiger partial charge in [-0.1, -0.05) is 129 Å². The summed E-state index contributed by atoms with van der Waals surface area (Å²) < 4.78 is 2.29. The molecular formula is C49H40N2. The van der Waals surface area contributed by atoms with Crippen LogP contribution in [0.2, 0.25) is 0 Å². The number of hydrogen-bond donors (Lipinski definition) is 1. The highest BCUT2D eigenvalue weighted by Crippen LogP contribution is 2.37. The lowest BCUT2D eigenvalue weighted by atomic mass is 9.85. The number of anilines is 2. The third-order valence-electron chi connectivity index (χ3n) is 9.40. The fraction of sp³-hybridized carbons (Fsp3) is 0.0612. The van der Waals surface area contributed by atoms with E-state index >= 15 is 0 Å². The Morgan fingerprint density at radius 3 is 2.35 bits per heavy atom. The lowest BCUT2D eigenvalue weighted by Crippen LogP contribution is -2.03. The van der Waals surface area contributed by atoms with Crippen molar-refractivity contribution in [1.29, 1.82) is 0 Å². The van der Waals surface area contributed by atoms with Crippen molar-refractivity contribution >= 4 is 50.0 Å². The summed E-state index contributed by atoms with van der Waals surface area (Å²) in [5.41, 5.74) is 19.9. The smallest absolute Gasteiger partial charge is 0.0891 e. The Labute approximate surface area is 301 Å². The van der Waals surface area contributed by atoms with E-state index in [9.17, 15) is 0 Å². The van der Waals surface area contributed by atoms with E-state index in [1.54, 1.807) is 0 Å². The molecule has 246 valence electrons. The van der Waals surface area contributed by atoms with Gasteiger partial charge in [-0.25, -0.2) is 0 Å². The summed E-state index contributed by atoms with van der Waals surface area (Å²) in [7, 11) is 0. The minimum Gasteiger partial charge on any atom is -0.355 e. The molecule has 2 aliphatic carbocycles. The molecule has 1 aromatic heterocycles. The quantitative estimate of drug-likeness (QED) is 0.0986. The van der Waals surface area contributed by atoms with Gasteiger partial charge in [-0.05, 0) is 107 Å². The van der Waals surface area contributed by atoms with Crippen molar-refractivity contribution in [2.75, 3.05) is 5.32 Å². The second-order valence-electron chi connectivity index (χ2n) is 12.6. The number of aromatic nitrogens is 1. The van der Waals surface area contributed by atoms with Gasteiger partial charge in [-0.2, -0.15) is 0 Å². The van der Waals surface area contributed by atoms with Crippen molar-refractivity contribution in [3.63, 3.8) is 0 Å². The van der Waals surface area contributed by atoms with E-state index in [1.807, 2.05) is 42.5 Å². The van der Waals surface area contributed by atoms with Gasteiger partial charge in [0.05, 0.1) is 16.7 Å². The van der Waals surface area contributed by atoms with Gasteiger partial charge in [0.15, 0.2) is 0 Å². The van der Waals surface area contributed by atoms with Gasteiger partial charge >= 0.3 is 0 Å². The van der Waals surface area contributed by atoms with E-state index in [0.29, 0.717) is 0 Å². The SMILES string of the molecule is C=C/C=C(\C=C)C(CC1=C=CC=C1)c1ccc(Nc2ccccc2C(=C)/C=C(\C=CC)c2ccc3c(c2)c2ccccc2n3C2=C=CC=C2)cc1. The lowest BCUT2D eigenvalue weighted by Gasteiger charge is -2.20. The minimum atomic E-state index is 0.152. The molecule has 2 heteroatoms. The number of nitrogens with one attached hydrogen (secondary N) is 1. The first-order valence-corrected chi connectivity index (χ1v) is 17.3. The second-order valence-corrected chi connectivity index (χ2v) is 12.6. The van der Waals surface area contributed by atoms with Crippen molar-refractivity contribution in [3.05, 3.63) is 223 Å². The fourth-order valence-electron chi connectivity index (χ4n) is 6.98. The van der Waals surface area contributed by atoms with Crippen molar-refractivity contribution in [2.45, 2.75) is 19.3 Å². The Morgan fingerprint density at radius 2 is 1.61 bits per heavy atom. The second kappa shape index (κ2) is 14.9. The predicted octanol–water partition coefficient (Wildman–Crippen LogP) is 13.2.